The van der Waals surface area contributed by atoms with Gasteiger partial charge in [0.25, 0.3) is 0 Å². The molecule has 1 aromatic heterocycles. The normalized spacial score (nSPS) is 11.3. The maximum absolute atomic E-state index is 11.6. The standard InChI is InChI=1S/C13H16N4O3S/c14-21(19,20)12-3-1-10(2-4-12)5-7-15-13(18)9-11-6-8-16-17-11/h1-4,6,8H,5,7,9H2,(H,15,18)(H,16,17)(H2,14,19,20). The highest BCUT2D eigenvalue weighted by Crippen LogP contribution is 2.08. The molecule has 0 aliphatic rings. The summed E-state index contributed by atoms with van der Waals surface area (Å²) in [5, 5.41) is 14.3. The van der Waals surface area contributed by atoms with Crippen molar-refractivity contribution in [2.75, 3.05) is 6.54 Å². The zero-order chi connectivity index (χ0) is 15.3. The average molecular weight is 308 g/mol. The summed E-state index contributed by atoms with van der Waals surface area (Å²) < 4.78 is 22.2. The van der Waals surface area contributed by atoms with Crippen LogP contribution in [0.3, 0.4) is 0 Å². The molecule has 0 fully saturated rings. The number of amides is 1. The first-order valence-electron chi connectivity index (χ1n) is 6.32. The van der Waals surface area contributed by atoms with E-state index in [-0.39, 0.29) is 17.2 Å². The van der Waals surface area contributed by atoms with Crippen LogP contribution >= 0.6 is 0 Å². The predicted octanol–water partition coefficient (Wildman–Crippen LogP) is -0.0415. The minimum atomic E-state index is -3.66. The van der Waals surface area contributed by atoms with E-state index in [0.29, 0.717) is 13.0 Å². The van der Waals surface area contributed by atoms with Crippen LogP contribution in [-0.4, -0.2) is 31.1 Å². The second-order valence-corrected chi connectivity index (χ2v) is 6.11. The van der Waals surface area contributed by atoms with Crippen molar-refractivity contribution in [3.63, 3.8) is 0 Å². The molecule has 1 heterocycles. The number of aromatic nitrogens is 2. The minimum absolute atomic E-state index is 0.0783. The lowest BCUT2D eigenvalue weighted by molar-refractivity contribution is -0.120. The molecule has 8 heteroatoms. The number of nitrogens with two attached hydrogens (primary N) is 1. The van der Waals surface area contributed by atoms with Gasteiger partial charge in [0.1, 0.15) is 0 Å². The predicted molar refractivity (Wildman–Crippen MR) is 76.8 cm³/mol. The zero-order valence-electron chi connectivity index (χ0n) is 11.2. The molecule has 0 atom stereocenters. The lowest BCUT2D eigenvalue weighted by atomic mass is 10.1. The summed E-state index contributed by atoms with van der Waals surface area (Å²) in [6, 6.07) is 8.02. The highest BCUT2D eigenvalue weighted by Gasteiger charge is 2.07. The van der Waals surface area contributed by atoms with Crippen LogP contribution in [0.1, 0.15) is 11.3 Å². The van der Waals surface area contributed by atoms with Gasteiger partial charge in [0, 0.05) is 18.4 Å². The number of carbonyl (C=O) groups is 1. The molecule has 0 aliphatic heterocycles. The third kappa shape index (κ3) is 4.69. The summed E-state index contributed by atoms with van der Waals surface area (Å²) >= 11 is 0. The lowest BCUT2D eigenvalue weighted by Gasteiger charge is -2.05. The number of benzene rings is 1. The molecule has 21 heavy (non-hydrogen) atoms. The van der Waals surface area contributed by atoms with Crippen LogP contribution < -0.4 is 10.5 Å². The van der Waals surface area contributed by atoms with Gasteiger partial charge in [-0.3, -0.25) is 9.89 Å². The van der Waals surface area contributed by atoms with Crippen molar-refractivity contribution in [1.29, 1.82) is 0 Å². The van der Waals surface area contributed by atoms with E-state index in [9.17, 15) is 13.2 Å². The molecule has 0 unspecified atom stereocenters. The second-order valence-electron chi connectivity index (χ2n) is 4.55. The summed E-state index contributed by atoms with van der Waals surface area (Å²) in [6.45, 7) is 0.474. The molecule has 2 aromatic rings. The number of nitrogens with one attached hydrogen (secondary N) is 2. The van der Waals surface area contributed by atoms with Crippen molar-refractivity contribution in [3.8, 4) is 0 Å². The smallest absolute Gasteiger partial charge is 0.238 e. The molecule has 0 saturated heterocycles. The molecular weight excluding hydrogens is 292 g/mol. The molecule has 0 aliphatic carbocycles. The largest absolute Gasteiger partial charge is 0.355 e. The number of rotatable bonds is 6. The van der Waals surface area contributed by atoms with Gasteiger partial charge in [-0.25, -0.2) is 13.6 Å². The van der Waals surface area contributed by atoms with Crippen molar-refractivity contribution < 1.29 is 13.2 Å². The van der Waals surface area contributed by atoms with Crippen molar-refractivity contribution >= 4 is 15.9 Å². The van der Waals surface area contributed by atoms with Gasteiger partial charge in [-0.05, 0) is 30.2 Å². The van der Waals surface area contributed by atoms with Gasteiger partial charge < -0.3 is 5.32 Å². The summed E-state index contributed by atoms with van der Waals surface area (Å²) in [5.74, 6) is -0.0968. The first-order chi connectivity index (χ1) is 9.95. The van der Waals surface area contributed by atoms with Crippen LogP contribution in [0.15, 0.2) is 41.4 Å². The van der Waals surface area contributed by atoms with Crippen LogP contribution in [0, 0.1) is 0 Å². The summed E-state index contributed by atoms with van der Waals surface area (Å²) in [7, 11) is -3.66. The fourth-order valence-corrected chi connectivity index (χ4v) is 2.33. The Morgan fingerprint density at radius 1 is 1.24 bits per heavy atom. The average Bonchev–Trinajstić information content (AvgIpc) is 2.91. The SMILES string of the molecule is NS(=O)(=O)c1ccc(CCNC(=O)Cc2ccn[nH]2)cc1. The van der Waals surface area contributed by atoms with E-state index in [1.54, 1.807) is 24.4 Å². The van der Waals surface area contributed by atoms with E-state index in [1.165, 1.54) is 12.1 Å². The van der Waals surface area contributed by atoms with Gasteiger partial charge in [0.2, 0.25) is 15.9 Å². The van der Waals surface area contributed by atoms with E-state index >= 15 is 0 Å². The third-order valence-corrected chi connectivity index (χ3v) is 3.83. The number of primary sulfonamides is 1. The molecule has 7 nitrogen and oxygen atoms in total. The number of hydrogen-bond donors (Lipinski definition) is 3. The number of aromatic amines is 1. The second kappa shape index (κ2) is 6.51. The van der Waals surface area contributed by atoms with Crippen LogP contribution in [0.4, 0.5) is 0 Å². The van der Waals surface area contributed by atoms with Crippen LogP contribution in [-0.2, 0) is 27.7 Å². The molecule has 0 radical (unpaired) electrons. The van der Waals surface area contributed by atoms with Gasteiger partial charge in [0.15, 0.2) is 0 Å². The highest BCUT2D eigenvalue weighted by molar-refractivity contribution is 7.89. The third-order valence-electron chi connectivity index (χ3n) is 2.90. The molecule has 112 valence electrons. The van der Waals surface area contributed by atoms with E-state index in [4.69, 9.17) is 5.14 Å². The Kier molecular flexibility index (Phi) is 4.71. The number of H-pyrrole nitrogens is 1. The van der Waals surface area contributed by atoms with Gasteiger partial charge >= 0.3 is 0 Å². The van der Waals surface area contributed by atoms with E-state index in [0.717, 1.165) is 11.3 Å². The van der Waals surface area contributed by atoms with Crippen LogP contribution in [0.5, 0.6) is 0 Å². The van der Waals surface area contributed by atoms with Crippen LogP contribution in [0.25, 0.3) is 0 Å². The summed E-state index contributed by atoms with van der Waals surface area (Å²) in [5.41, 5.74) is 1.68. The fraction of sp³-hybridized carbons (Fsp3) is 0.231. The Bertz CT molecular complexity index is 694. The molecule has 0 saturated carbocycles. The Morgan fingerprint density at radius 3 is 2.52 bits per heavy atom. The van der Waals surface area contributed by atoms with Crippen molar-refractivity contribution in [3.05, 3.63) is 47.8 Å². The zero-order valence-corrected chi connectivity index (χ0v) is 12.1. The molecule has 1 aromatic carbocycles. The Hall–Kier alpha value is -2.19. The first-order valence-corrected chi connectivity index (χ1v) is 7.86. The van der Waals surface area contributed by atoms with Crippen LogP contribution in [0.2, 0.25) is 0 Å². The minimum Gasteiger partial charge on any atom is -0.355 e. The molecule has 1 amide bonds. The monoisotopic (exact) mass is 308 g/mol. The van der Waals surface area contributed by atoms with Gasteiger partial charge in [-0.1, -0.05) is 12.1 Å². The molecule has 0 bridgehead atoms. The quantitative estimate of drug-likeness (QED) is 0.693. The van der Waals surface area contributed by atoms with Gasteiger partial charge in [-0.15, -0.1) is 0 Å². The Labute approximate surface area is 122 Å². The topological polar surface area (TPSA) is 118 Å². The maximum Gasteiger partial charge on any atom is 0.238 e. The van der Waals surface area contributed by atoms with E-state index in [1.807, 2.05) is 0 Å². The number of nitrogens with zero attached hydrogens (tertiary/aromatic N) is 1. The number of sulfonamides is 1. The highest BCUT2D eigenvalue weighted by atomic mass is 32.2. The van der Waals surface area contributed by atoms with Gasteiger partial charge in [0.05, 0.1) is 11.3 Å². The maximum atomic E-state index is 11.6. The lowest BCUT2D eigenvalue weighted by Crippen LogP contribution is -2.27. The summed E-state index contributed by atoms with van der Waals surface area (Å²) in [6.07, 6.45) is 2.46. The fourth-order valence-electron chi connectivity index (χ4n) is 1.81. The molecule has 4 N–H and O–H groups in total. The summed E-state index contributed by atoms with van der Waals surface area (Å²) in [4.78, 5) is 11.7. The van der Waals surface area contributed by atoms with Gasteiger partial charge in [-0.2, -0.15) is 5.10 Å². The molecule has 0 spiro atoms. The number of carbonyl (C=O) groups excluding carboxylic acids is 1. The Balaban J connectivity index is 1.79. The number of hydrogen-bond acceptors (Lipinski definition) is 4. The Morgan fingerprint density at radius 2 is 1.95 bits per heavy atom. The molecule has 2 rings (SSSR count). The van der Waals surface area contributed by atoms with E-state index < -0.39 is 10.0 Å². The first kappa shape index (κ1) is 15.2. The van der Waals surface area contributed by atoms with Crippen molar-refractivity contribution in [1.82, 2.24) is 15.5 Å². The van der Waals surface area contributed by atoms with Crippen molar-refractivity contribution in [2.45, 2.75) is 17.7 Å². The van der Waals surface area contributed by atoms with Crippen molar-refractivity contribution in [2.24, 2.45) is 5.14 Å². The molecular formula is C13H16N4O3S. The van der Waals surface area contributed by atoms with E-state index in [2.05, 4.69) is 15.5 Å².